The van der Waals surface area contributed by atoms with E-state index in [1.807, 2.05) is 11.9 Å². The molecule has 0 radical (unpaired) electrons. The number of ether oxygens (including phenoxy) is 2. The van der Waals surface area contributed by atoms with Crippen LogP contribution in [0.1, 0.15) is 34.1 Å². The van der Waals surface area contributed by atoms with Gasteiger partial charge in [-0.3, -0.25) is 5.01 Å². The fourth-order valence-electron chi connectivity index (χ4n) is 2.55. The lowest BCUT2D eigenvalue weighted by molar-refractivity contribution is 0.0593. The highest BCUT2D eigenvalue weighted by atomic mass is 35.5. The number of hydrogen-bond acceptors (Lipinski definition) is 6. The van der Waals surface area contributed by atoms with E-state index < -0.39 is 11.9 Å². The molecule has 0 atom stereocenters. The number of hydrazone groups is 1. The van der Waals surface area contributed by atoms with Gasteiger partial charge >= 0.3 is 11.9 Å². The maximum Gasteiger partial charge on any atom is 0.343 e. The minimum atomic E-state index is -0.609. The van der Waals surface area contributed by atoms with E-state index >= 15 is 0 Å². The zero-order chi connectivity index (χ0) is 18.7. The van der Waals surface area contributed by atoms with Gasteiger partial charge in [-0.2, -0.15) is 5.10 Å². The van der Waals surface area contributed by atoms with Gasteiger partial charge in [0.2, 0.25) is 0 Å². The fraction of sp³-hybridized carbons (Fsp3) is 0.211. The highest BCUT2D eigenvalue weighted by Gasteiger charge is 2.18. The van der Waals surface area contributed by atoms with E-state index in [9.17, 15) is 9.59 Å². The molecule has 7 heteroatoms. The third-order valence-corrected chi connectivity index (χ3v) is 4.16. The highest BCUT2D eigenvalue weighted by molar-refractivity contribution is 6.30. The highest BCUT2D eigenvalue weighted by Crippen LogP contribution is 2.26. The molecule has 6 nitrogen and oxygen atoms in total. The molecule has 0 aromatic heterocycles. The Hall–Kier alpha value is -2.86. The first-order valence-electron chi connectivity index (χ1n) is 7.99. The largest absolute Gasteiger partial charge is 0.465 e. The Balaban J connectivity index is 1.78. The Labute approximate surface area is 156 Å². The van der Waals surface area contributed by atoms with E-state index in [0.29, 0.717) is 10.6 Å². The molecule has 0 amide bonds. The molecule has 0 unspecified atom stereocenters. The second-order valence-corrected chi connectivity index (χ2v) is 6.21. The lowest BCUT2D eigenvalue weighted by Gasteiger charge is -2.14. The summed E-state index contributed by atoms with van der Waals surface area (Å²) >= 11 is 5.94. The summed E-state index contributed by atoms with van der Waals surface area (Å²) in [5.41, 5.74) is 2.45. The number of halogens is 1. The average Bonchev–Trinajstić information content (AvgIpc) is 3.08. The molecule has 0 saturated carbocycles. The van der Waals surface area contributed by atoms with Gasteiger partial charge in [-0.05, 0) is 43.3 Å². The van der Waals surface area contributed by atoms with Crippen LogP contribution in [0.4, 0.5) is 5.69 Å². The summed E-state index contributed by atoms with van der Waals surface area (Å²) in [4.78, 5) is 24.2. The summed E-state index contributed by atoms with van der Waals surface area (Å²) in [6, 6.07) is 11.3. The molecule has 3 rings (SSSR count). The van der Waals surface area contributed by atoms with Crippen LogP contribution in [0.15, 0.2) is 47.6 Å². The van der Waals surface area contributed by atoms with Crippen molar-refractivity contribution < 1.29 is 19.1 Å². The lowest BCUT2D eigenvalue weighted by Crippen LogP contribution is -2.14. The molecule has 0 spiro atoms. The smallest absolute Gasteiger partial charge is 0.343 e. The van der Waals surface area contributed by atoms with Crippen LogP contribution >= 0.6 is 11.6 Å². The van der Waals surface area contributed by atoms with Crippen molar-refractivity contribution in [1.82, 2.24) is 0 Å². The van der Waals surface area contributed by atoms with Crippen LogP contribution in [0.2, 0.25) is 5.02 Å². The third kappa shape index (κ3) is 3.86. The van der Waals surface area contributed by atoms with Gasteiger partial charge in [-0.1, -0.05) is 11.6 Å². The minimum Gasteiger partial charge on any atom is -0.465 e. The van der Waals surface area contributed by atoms with Crippen LogP contribution in [0.3, 0.4) is 0 Å². The summed E-state index contributed by atoms with van der Waals surface area (Å²) < 4.78 is 10.0. The predicted octanol–water partition coefficient (Wildman–Crippen LogP) is 3.93. The van der Waals surface area contributed by atoms with Crippen LogP contribution in [0.25, 0.3) is 0 Å². The number of esters is 2. The normalized spacial score (nSPS) is 13.3. The van der Waals surface area contributed by atoms with E-state index in [0.717, 1.165) is 24.4 Å². The molecule has 134 valence electrons. The third-order valence-electron chi connectivity index (χ3n) is 3.93. The topological polar surface area (TPSA) is 68.2 Å². The molecule has 1 aliphatic rings. The van der Waals surface area contributed by atoms with E-state index in [4.69, 9.17) is 21.1 Å². The van der Waals surface area contributed by atoms with Crippen LogP contribution in [0.5, 0.6) is 5.75 Å². The Bertz CT molecular complexity index is 878. The number of methoxy groups -OCH3 is 1. The van der Waals surface area contributed by atoms with Crippen molar-refractivity contribution >= 4 is 34.9 Å². The van der Waals surface area contributed by atoms with Crippen molar-refractivity contribution in [1.29, 1.82) is 0 Å². The number of anilines is 1. The van der Waals surface area contributed by atoms with E-state index in [1.165, 1.54) is 25.3 Å². The van der Waals surface area contributed by atoms with Crippen LogP contribution < -0.4 is 9.75 Å². The van der Waals surface area contributed by atoms with Gasteiger partial charge in [0.25, 0.3) is 0 Å². The monoisotopic (exact) mass is 372 g/mol. The molecule has 26 heavy (non-hydrogen) atoms. The first-order valence-corrected chi connectivity index (χ1v) is 8.37. The second kappa shape index (κ2) is 7.58. The maximum absolute atomic E-state index is 12.4. The van der Waals surface area contributed by atoms with Crippen LogP contribution in [0, 0.1) is 0 Å². The Morgan fingerprint density at radius 3 is 2.46 bits per heavy atom. The molecular weight excluding hydrogens is 356 g/mol. The van der Waals surface area contributed by atoms with Gasteiger partial charge in [-0.15, -0.1) is 0 Å². The van der Waals surface area contributed by atoms with Gasteiger partial charge < -0.3 is 9.47 Å². The molecule has 0 aliphatic carbocycles. The SMILES string of the molecule is COC(=O)c1ccc(Cl)cc1OC(=O)c1ccc(N2CCC(C)=N2)cc1. The molecule has 2 aromatic rings. The summed E-state index contributed by atoms with van der Waals surface area (Å²) in [6.07, 6.45) is 0.925. The van der Waals surface area contributed by atoms with Gasteiger partial charge in [0.1, 0.15) is 11.3 Å². The first kappa shape index (κ1) is 17.9. The summed E-state index contributed by atoms with van der Waals surface area (Å²) in [5.74, 6) is -1.15. The summed E-state index contributed by atoms with van der Waals surface area (Å²) in [7, 11) is 1.25. The zero-order valence-electron chi connectivity index (χ0n) is 14.4. The van der Waals surface area contributed by atoms with Crippen LogP contribution in [-0.4, -0.2) is 31.3 Å². The number of hydrogen-bond donors (Lipinski definition) is 0. The number of rotatable bonds is 4. The fourth-order valence-corrected chi connectivity index (χ4v) is 2.71. The van der Waals surface area contributed by atoms with Crippen molar-refractivity contribution in [3.8, 4) is 5.75 Å². The average molecular weight is 373 g/mol. The molecule has 0 bridgehead atoms. The molecule has 1 aliphatic heterocycles. The van der Waals surface area contributed by atoms with E-state index in [2.05, 4.69) is 5.10 Å². The molecule has 0 fully saturated rings. The van der Waals surface area contributed by atoms with E-state index in [1.54, 1.807) is 24.3 Å². The first-order chi connectivity index (χ1) is 12.5. The maximum atomic E-state index is 12.4. The number of nitrogens with zero attached hydrogens (tertiary/aromatic N) is 2. The molecule has 2 aromatic carbocycles. The summed E-state index contributed by atoms with van der Waals surface area (Å²) in [5, 5.41) is 6.65. The van der Waals surface area contributed by atoms with Gasteiger partial charge in [-0.25, -0.2) is 9.59 Å². The van der Waals surface area contributed by atoms with Crippen molar-refractivity contribution in [3.63, 3.8) is 0 Å². The molecular formula is C19H17ClN2O4. The van der Waals surface area contributed by atoms with Crippen molar-refractivity contribution in [3.05, 3.63) is 58.6 Å². The van der Waals surface area contributed by atoms with Crippen molar-refractivity contribution in [2.75, 3.05) is 18.7 Å². The van der Waals surface area contributed by atoms with Gasteiger partial charge in [0, 0.05) is 29.8 Å². The Morgan fingerprint density at radius 2 is 1.85 bits per heavy atom. The van der Waals surface area contributed by atoms with Crippen LogP contribution in [-0.2, 0) is 4.74 Å². The Kier molecular flexibility index (Phi) is 5.23. The quantitative estimate of drug-likeness (QED) is 0.600. The second-order valence-electron chi connectivity index (χ2n) is 5.78. The number of carbonyl (C=O) groups is 2. The lowest BCUT2D eigenvalue weighted by atomic mass is 10.2. The van der Waals surface area contributed by atoms with E-state index in [-0.39, 0.29) is 11.3 Å². The zero-order valence-corrected chi connectivity index (χ0v) is 15.1. The number of benzene rings is 2. The minimum absolute atomic E-state index is 0.0539. The standard InChI is InChI=1S/C19H17ClN2O4/c1-12-9-10-22(21-12)15-6-3-13(4-7-15)18(23)26-17-11-14(20)5-8-16(17)19(24)25-2/h3-8,11H,9-10H2,1-2H3. The molecule has 1 heterocycles. The molecule has 0 N–H and O–H groups in total. The van der Waals surface area contributed by atoms with Gasteiger partial charge in [0.05, 0.1) is 18.4 Å². The Morgan fingerprint density at radius 1 is 1.12 bits per heavy atom. The molecule has 0 saturated heterocycles. The summed E-state index contributed by atoms with van der Waals surface area (Å²) in [6.45, 7) is 2.80. The van der Waals surface area contributed by atoms with Crippen molar-refractivity contribution in [2.45, 2.75) is 13.3 Å². The van der Waals surface area contributed by atoms with Gasteiger partial charge in [0.15, 0.2) is 0 Å². The predicted molar refractivity (Wildman–Crippen MR) is 99.3 cm³/mol. The van der Waals surface area contributed by atoms with Crippen molar-refractivity contribution in [2.24, 2.45) is 5.10 Å². The number of carbonyl (C=O) groups excluding carboxylic acids is 2.